The van der Waals surface area contributed by atoms with Crippen molar-refractivity contribution in [3.05, 3.63) is 0 Å². The van der Waals surface area contributed by atoms with E-state index in [1.807, 2.05) is 0 Å². The highest BCUT2D eigenvalue weighted by Crippen LogP contribution is 2.70. The van der Waals surface area contributed by atoms with Crippen molar-refractivity contribution in [2.45, 2.75) is 506 Å². The van der Waals surface area contributed by atoms with Gasteiger partial charge in [0.05, 0.1) is 0 Å². The van der Waals surface area contributed by atoms with Gasteiger partial charge in [0.25, 0.3) is 0 Å². The predicted octanol–water partition coefficient (Wildman–Crippen LogP) is 31.1. The monoisotopic (exact) mass is 1620 g/mol. The average Bonchev–Trinajstić information content (AvgIpc) is 1.54. The molecule has 0 amide bonds. The lowest BCUT2D eigenvalue weighted by molar-refractivity contribution is -0.120. The molecule has 4 nitrogen and oxygen atoms in total. The highest BCUT2D eigenvalue weighted by molar-refractivity contribution is 5.80. The van der Waals surface area contributed by atoms with Crippen molar-refractivity contribution in [1.29, 1.82) is 0 Å². The first-order valence-electron chi connectivity index (χ1n) is 56.9. The summed E-state index contributed by atoms with van der Waals surface area (Å²) in [7, 11) is 0. The first kappa shape index (κ1) is 86.9. The van der Waals surface area contributed by atoms with Crippen LogP contribution in [0.15, 0.2) is 0 Å². The third-order valence-corrected chi connectivity index (χ3v) is 43.6. The van der Waals surface area contributed by atoms with Gasteiger partial charge in [-0.1, -0.05) is 263 Å². The van der Waals surface area contributed by atoms with Crippen molar-refractivity contribution in [3.8, 4) is 0 Å². The van der Waals surface area contributed by atoms with Crippen molar-refractivity contribution in [2.75, 3.05) is 19.6 Å². The predicted molar refractivity (Wildman–Crippen MR) is 497 cm³/mol. The van der Waals surface area contributed by atoms with Crippen LogP contribution in [-0.4, -0.2) is 54.5 Å². The van der Waals surface area contributed by atoms with Gasteiger partial charge in [0, 0.05) is 37.0 Å². The van der Waals surface area contributed by atoms with Crippen molar-refractivity contribution in [3.63, 3.8) is 0 Å². The third-order valence-electron chi connectivity index (χ3n) is 43.6. The molecule has 37 aliphatic rings. The number of Topliss-reactive ketones (excluding diaryl/α,β-unsaturated/α-hetero) is 1. The van der Waals surface area contributed by atoms with Crippen LogP contribution in [0.1, 0.15) is 482 Å². The zero-order valence-corrected chi connectivity index (χ0v) is 77.7. The number of hydrogen-bond donors (Lipinski definition) is 2. The number of carbonyl (C=O) groups is 1. The normalized spacial score (nSPS) is 49.5. The van der Waals surface area contributed by atoms with E-state index in [4.69, 9.17) is 0 Å². The van der Waals surface area contributed by atoms with Crippen LogP contribution in [0.5, 0.6) is 0 Å². The van der Waals surface area contributed by atoms with Crippen LogP contribution in [0.2, 0.25) is 0 Å². The molecule has 26 bridgehead atoms. The summed E-state index contributed by atoms with van der Waals surface area (Å²) < 4.78 is 0. The maximum atomic E-state index is 10.9. The lowest BCUT2D eigenvalue weighted by Gasteiger charge is -2.49. The minimum atomic E-state index is 0.459. The Bertz CT molecular complexity index is 2510. The van der Waals surface area contributed by atoms with Crippen LogP contribution in [0.4, 0.5) is 0 Å². The molecule has 7 heterocycles. The van der Waals surface area contributed by atoms with Gasteiger partial charge in [-0.3, -0.25) is 4.79 Å². The van der Waals surface area contributed by atoms with Crippen LogP contribution >= 0.6 is 0 Å². The summed E-state index contributed by atoms with van der Waals surface area (Å²) in [6.07, 6.45) is 115. The Morgan fingerprint density at radius 1 is 0.161 bits per heavy atom. The maximum Gasteiger partial charge on any atom is 0.136 e. The van der Waals surface area contributed by atoms with Gasteiger partial charge in [0.1, 0.15) is 5.78 Å². The Balaban J connectivity index is 0.0000000845. The Morgan fingerprint density at radius 2 is 0.407 bits per heavy atom. The molecule has 12 unspecified atom stereocenters. The third kappa shape index (κ3) is 23.4. The first-order chi connectivity index (χ1) is 58.2. The number of ketones is 1. The van der Waals surface area contributed by atoms with Crippen LogP contribution < -0.4 is 10.6 Å². The van der Waals surface area contributed by atoms with Gasteiger partial charge in [0.2, 0.25) is 0 Å². The molecule has 37 rings (SSSR count). The minimum absolute atomic E-state index is 0.459. The van der Waals surface area contributed by atoms with Gasteiger partial charge in [-0.25, -0.2) is 0 Å². The zero-order chi connectivity index (χ0) is 78.9. The maximum absolute atomic E-state index is 10.9. The molecule has 37 fully saturated rings. The van der Waals surface area contributed by atoms with E-state index in [1.54, 1.807) is 347 Å². The smallest absolute Gasteiger partial charge is 0.136 e. The van der Waals surface area contributed by atoms with Gasteiger partial charge >= 0.3 is 0 Å². The largest absolute Gasteiger partial charge is 0.311 e. The minimum Gasteiger partial charge on any atom is -0.311 e. The molecule has 0 aromatic carbocycles. The van der Waals surface area contributed by atoms with Gasteiger partial charge in [-0.2, -0.15) is 0 Å². The Kier molecular flexibility index (Phi) is 31.6. The Labute approximate surface area is 730 Å². The van der Waals surface area contributed by atoms with Gasteiger partial charge in [0.15, 0.2) is 0 Å². The number of fused-ring (bicyclic) bond motifs is 29. The first-order valence-corrected chi connectivity index (χ1v) is 56.9. The molecule has 0 spiro atoms. The van der Waals surface area contributed by atoms with E-state index >= 15 is 0 Å². The summed E-state index contributed by atoms with van der Waals surface area (Å²) in [6, 6.07) is 2.90. The highest BCUT2D eigenvalue weighted by Gasteiger charge is 2.62. The van der Waals surface area contributed by atoms with Crippen LogP contribution in [0.3, 0.4) is 0 Å². The van der Waals surface area contributed by atoms with Crippen molar-refractivity contribution < 1.29 is 4.79 Å². The van der Waals surface area contributed by atoms with Crippen molar-refractivity contribution >= 4 is 5.78 Å². The molecule has 2 N–H and O–H groups in total. The Morgan fingerprint density at radius 3 is 0.678 bits per heavy atom. The van der Waals surface area contributed by atoms with E-state index in [1.165, 1.54) is 272 Å². The molecule has 30 saturated carbocycles. The summed E-state index contributed by atoms with van der Waals surface area (Å²) >= 11 is 0. The van der Waals surface area contributed by atoms with Gasteiger partial charge in [-0.05, 0) is 409 Å². The zero-order valence-electron chi connectivity index (χ0n) is 77.7. The average molecular weight is 1620 g/mol. The number of hydrogen-bond acceptors (Lipinski definition) is 4. The fourth-order valence-corrected chi connectivity index (χ4v) is 37.4. The molecular weight excluding hydrogens is 1430 g/mol. The standard InChI is InChI=1S/3C10H16.C10H18.4C8H14.C7H11NO.2C7H13N.C7H10.2C7H12/c1-7-2-9-4-8(1)5-10(3-7)6-9;1-3-7-8(4-1)10-6-2-5-9(7)10;1-2-9-7-4-5-8(6-7)10(9)3-1;1-2-6-10-8-4-3-7-9(10)5-1;1-3-7-5-2-6-8(7)4-1;1-2-8-5-3-7(1)4-6-8;2*1-2-7-4-5-8(3-1)6-7;9-7-3-5-1-2-6(4-7)8-5;1-4-8-5-2-7(1)3-6-8;1-2-6-4-5-7(3-1)8-6;1-4-2-6-5(1)7(6)3-4;1-2-7-4-3-6(1)5-7;1-2-6-4-7(3-1)5-6/h3*7-10H,1-6H2;9-10H,1-8H2;4*7-8H,1-6H2;5-6,8H,1-4H2;7H,1-6H2;6-8H,1-5H2;4-7H,1-3H2;2*6-7H,1-5H2. The summed E-state index contributed by atoms with van der Waals surface area (Å²) in [5, 5.41) is 6.99. The van der Waals surface area contributed by atoms with E-state index in [2.05, 4.69) is 15.5 Å². The highest BCUT2D eigenvalue weighted by atomic mass is 16.1. The summed E-state index contributed by atoms with van der Waals surface area (Å²) in [5.41, 5.74) is 0. The van der Waals surface area contributed by atoms with Crippen molar-refractivity contribution in [1.82, 2.24) is 15.5 Å². The molecule has 7 saturated heterocycles. The van der Waals surface area contributed by atoms with E-state index in [0.717, 1.165) is 78.2 Å². The number of piperidine rings is 5. The molecule has 4 heteroatoms. The van der Waals surface area contributed by atoms with Gasteiger partial charge < -0.3 is 15.5 Å². The van der Waals surface area contributed by atoms with Crippen LogP contribution in [0, 0.1) is 183 Å². The van der Waals surface area contributed by atoms with E-state index in [0.29, 0.717) is 17.9 Å². The second-order valence-corrected chi connectivity index (χ2v) is 50.9. The summed E-state index contributed by atoms with van der Waals surface area (Å²) in [4.78, 5) is 13.5. The number of nitrogens with zero attached hydrogens (tertiary/aromatic N) is 1. The van der Waals surface area contributed by atoms with E-state index in [9.17, 15) is 4.79 Å². The molecule has 0 radical (unpaired) electrons. The van der Waals surface area contributed by atoms with E-state index < -0.39 is 0 Å². The topological polar surface area (TPSA) is 44.4 Å². The molecule has 0 aromatic heterocycles. The molecule has 0 aromatic rings. The van der Waals surface area contributed by atoms with Crippen LogP contribution in [0.25, 0.3) is 0 Å². The van der Waals surface area contributed by atoms with Gasteiger partial charge in [-0.15, -0.1) is 0 Å². The SMILES string of the molecule is C1C2CC3C1C3C2.C1C2CC3CC1CC(C2)C3.C1CC2C(C1)C1CCCC21.C1CC2C3CCC(C3)C2C1.C1CC2CC(C1)C2.C1CC2CCC(C1)C2.C1CC2CCC(C1)C2.C1CC2CCC(C1)N2.C1CC2CCC1C2.C1CC2CCC1CC2.C1CC2CCCC2C1.C1CCC2CCCCC2C1.C1CN2CCC1CC2.O=C1CC2CCC(C1)N2. The number of nitrogens with one attached hydrogen (secondary N) is 2. The number of rotatable bonds is 0. The second kappa shape index (κ2) is 42.9. The molecular formula is C114H193N3O. The number of carbonyl (C=O) groups excluding carboxylic acids is 1. The molecule has 670 valence electrons. The second-order valence-electron chi connectivity index (χ2n) is 50.9. The van der Waals surface area contributed by atoms with Crippen LogP contribution in [-0.2, 0) is 4.79 Å². The molecule has 30 aliphatic carbocycles. The lowest BCUT2D eigenvalue weighted by Crippen LogP contribution is -2.41. The lowest BCUT2D eigenvalue weighted by atomic mass is 9.56. The fourth-order valence-electron chi connectivity index (χ4n) is 37.4. The summed E-state index contributed by atoms with van der Waals surface area (Å²) in [6.45, 7) is 4.18. The molecule has 7 aliphatic heterocycles. The Hall–Kier alpha value is -0.450. The quantitative estimate of drug-likeness (QED) is 0.254. The van der Waals surface area contributed by atoms with Crippen molar-refractivity contribution in [2.24, 2.45) is 183 Å². The summed E-state index contributed by atoms with van der Waals surface area (Å²) in [5.74, 6) is 37.2. The molecule has 12 atom stereocenters. The van der Waals surface area contributed by atoms with E-state index in [-0.39, 0.29) is 0 Å². The fraction of sp³-hybridized carbons (Fsp3) is 0.991. The molecule has 118 heavy (non-hydrogen) atoms.